The van der Waals surface area contributed by atoms with Crippen LogP contribution in [-0.4, -0.2) is 23.8 Å². The minimum absolute atomic E-state index is 0.000953. The number of rotatable bonds is 29. The maximum Gasteiger partial charge on any atom is 0.309 e. The van der Waals surface area contributed by atoms with E-state index in [1.54, 1.807) is 0 Å². The summed E-state index contributed by atoms with van der Waals surface area (Å²) in [4.78, 5) is 12.6. The monoisotopic (exact) mass is 511 g/mol. The van der Waals surface area contributed by atoms with Crippen molar-refractivity contribution < 1.29 is 14.6 Å². The molecule has 0 aliphatic heterocycles. The molecule has 36 heavy (non-hydrogen) atoms. The second-order valence-corrected chi connectivity index (χ2v) is 11.6. The number of aliphatic hydroxyl groups is 1. The molecule has 0 aliphatic carbocycles. The van der Waals surface area contributed by atoms with Gasteiger partial charge in [0.2, 0.25) is 0 Å². The Morgan fingerprint density at radius 2 is 0.833 bits per heavy atom. The highest BCUT2D eigenvalue weighted by atomic mass is 16.5. The lowest BCUT2D eigenvalue weighted by Gasteiger charge is -2.18. The first kappa shape index (κ1) is 35.4. The van der Waals surface area contributed by atoms with Gasteiger partial charge in [-0.1, -0.05) is 155 Å². The fraction of sp³-hybridized carbons (Fsp3) is 0.970. The molecule has 0 amide bonds. The summed E-state index contributed by atoms with van der Waals surface area (Å²) in [6.07, 6.45) is 33.6. The van der Waals surface area contributed by atoms with E-state index in [1.807, 2.05) is 13.8 Å². The molecule has 1 N–H and O–H groups in total. The number of unbranched alkanes of at least 4 members (excludes halogenated alkanes) is 22. The number of hydrogen-bond acceptors (Lipinski definition) is 3. The van der Waals surface area contributed by atoms with Gasteiger partial charge in [-0.2, -0.15) is 0 Å². The van der Waals surface area contributed by atoms with Crippen LogP contribution in [0.5, 0.6) is 0 Å². The van der Waals surface area contributed by atoms with Gasteiger partial charge in [0.25, 0.3) is 0 Å². The molecule has 3 nitrogen and oxygen atoms in total. The van der Waals surface area contributed by atoms with E-state index in [1.165, 1.54) is 148 Å². The van der Waals surface area contributed by atoms with Crippen molar-refractivity contribution in [1.29, 1.82) is 0 Å². The first-order chi connectivity index (χ1) is 17.6. The minimum Gasteiger partial charge on any atom is -0.463 e. The third kappa shape index (κ3) is 26.5. The van der Waals surface area contributed by atoms with Crippen molar-refractivity contribution >= 4 is 5.97 Å². The topological polar surface area (TPSA) is 46.5 Å². The Balaban J connectivity index is 3.72. The standard InChI is InChI=1S/C33H66O3/c1-4-5-6-7-8-9-16-19-22-25-28-32(33(35)36-31(2)3)29-26-23-20-17-14-12-10-11-13-15-18-21-24-27-30-34/h31-32,34H,4-30H2,1-3H3. The number of esters is 1. The van der Waals surface area contributed by atoms with Crippen molar-refractivity contribution in [3.63, 3.8) is 0 Å². The van der Waals surface area contributed by atoms with Crippen LogP contribution in [0.4, 0.5) is 0 Å². The molecule has 216 valence electrons. The van der Waals surface area contributed by atoms with E-state index in [0.29, 0.717) is 6.61 Å². The molecule has 0 spiro atoms. The minimum atomic E-state index is -0.000953. The van der Waals surface area contributed by atoms with Gasteiger partial charge in [0.1, 0.15) is 0 Å². The van der Waals surface area contributed by atoms with Crippen molar-refractivity contribution in [1.82, 2.24) is 0 Å². The highest BCUT2D eigenvalue weighted by Gasteiger charge is 2.20. The van der Waals surface area contributed by atoms with Crippen molar-refractivity contribution in [3.8, 4) is 0 Å². The SMILES string of the molecule is CCCCCCCCCCCCC(CCCCCCCCCCCCCCCCO)C(=O)OC(C)C. The maximum atomic E-state index is 12.6. The van der Waals surface area contributed by atoms with Crippen LogP contribution in [-0.2, 0) is 9.53 Å². The molecule has 0 aromatic heterocycles. The van der Waals surface area contributed by atoms with E-state index in [9.17, 15) is 4.79 Å². The number of aliphatic hydroxyl groups excluding tert-OH is 1. The van der Waals surface area contributed by atoms with Gasteiger partial charge in [-0.3, -0.25) is 4.79 Å². The maximum absolute atomic E-state index is 12.6. The zero-order valence-corrected chi connectivity index (χ0v) is 25.0. The Kier molecular flexibility index (Phi) is 28.5. The van der Waals surface area contributed by atoms with Crippen molar-refractivity contribution in [2.45, 2.75) is 194 Å². The Morgan fingerprint density at radius 3 is 1.14 bits per heavy atom. The summed E-state index contributed by atoms with van der Waals surface area (Å²) in [5.74, 6) is 0.166. The van der Waals surface area contributed by atoms with Gasteiger partial charge in [0.15, 0.2) is 0 Å². The summed E-state index contributed by atoms with van der Waals surface area (Å²) in [6, 6.07) is 0. The van der Waals surface area contributed by atoms with Crippen LogP contribution in [0.15, 0.2) is 0 Å². The van der Waals surface area contributed by atoms with Gasteiger partial charge < -0.3 is 9.84 Å². The highest BCUT2D eigenvalue weighted by Crippen LogP contribution is 2.22. The molecule has 0 heterocycles. The quantitative estimate of drug-likeness (QED) is 0.0803. The second-order valence-electron chi connectivity index (χ2n) is 11.6. The van der Waals surface area contributed by atoms with Crippen LogP contribution in [0.25, 0.3) is 0 Å². The molecule has 0 saturated heterocycles. The molecule has 3 heteroatoms. The van der Waals surface area contributed by atoms with E-state index >= 15 is 0 Å². The third-order valence-electron chi connectivity index (χ3n) is 7.55. The average molecular weight is 511 g/mol. The van der Waals surface area contributed by atoms with Gasteiger partial charge >= 0.3 is 5.97 Å². The van der Waals surface area contributed by atoms with Crippen LogP contribution in [0.3, 0.4) is 0 Å². The summed E-state index contributed by atoms with van der Waals surface area (Å²) in [5, 5.41) is 8.80. The van der Waals surface area contributed by atoms with Crippen LogP contribution < -0.4 is 0 Å². The van der Waals surface area contributed by atoms with Crippen LogP contribution in [0.2, 0.25) is 0 Å². The molecule has 0 saturated carbocycles. The van der Waals surface area contributed by atoms with Gasteiger partial charge in [0, 0.05) is 6.61 Å². The van der Waals surface area contributed by atoms with Crippen LogP contribution in [0, 0.1) is 5.92 Å². The molecule has 1 atom stereocenters. The van der Waals surface area contributed by atoms with Crippen molar-refractivity contribution in [2.75, 3.05) is 6.61 Å². The highest BCUT2D eigenvalue weighted by molar-refractivity contribution is 5.72. The summed E-state index contributed by atoms with van der Waals surface area (Å²) >= 11 is 0. The summed E-state index contributed by atoms with van der Waals surface area (Å²) in [7, 11) is 0. The zero-order chi connectivity index (χ0) is 26.5. The van der Waals surface area contributed by atoms with E-state index in [2.05, 4.69) is 6.92 Å². The predicted octanol–water partition coefficient (Wildman–Crippen LogP) is 10.7. The second kappa shape index (κ2) is 29.0. The van der Waals surface area contributed by atoms with Gasteiger partial charge in [-0.05, 0) is 33.1 Å². The lowest BCUT2D eigenvalue weighted by atomic mass is 9.94. The smallest absolute Gasteiger partial charge is 0.309 e. The molecular formula is C33H66O3. The molecule has 0 radical (unpaired) electrons. The molecule has 0 fully saturated rings. The molecule has 0 aliphatic rings. The van der Waals surface area contributed by atoms with Gasteiger partial charge in [0.05, 0.1) is 12.0 Å². The predicted molar refractivity (Wildman–Crippen MR) is 158 cm³/mol. The van der Waals surface area contributed by atoms with Gasteiger partial charge in [-0.15, -0.1) is 0 Å². The number of ether oxygens (including phenoxy) is 1. The Bertz CT molecular complexity index is 435. The van der Waals surface area contributed by atoms with Gasteiger partial charge in [-0.25, -0.2) is 0 Å². The Hall–Kier alpha value is -0.570. The molecule has 1 unspecified atom stereocenters. The third-order valence-corrected chi connectivity index (χ3v) is 7.55. The summed E-state index contributed by atoms with van der Waals surface area (Å²) < 4.78 is 5.58. The first-order valence-electron chi connectivity index (χ1n) is 16.4. The van der Waals surface area contributed by atoms with Crippen molar-refractivity contribution in [3.05, 3.63) is 0 Å². The van der Waals surface area contributed by atoms with E-state index in [0.717, 1.165) is 19.3 Å². The Labute approximate surface area is 226 Å². The normalized spacial score (nSPS) is 12.4. The number of hydrogen-bond donors (Lipinski definition) is 1. The van der Waals surface area contributed by atoms with Crippen LogP contribution >= 0.6 is 0 Å². The largest absolute Gasteiger partial charge is 0.463 e. The van der Waals surface area contributed by atoms with Crippen LogP contribution in [0.1, 0.15) is 188 Å². The fourth-order valence-corrected chi connectivity index (χ4v) is 5.21. The summed E-state index contributed by atoms with van der Waals surface area (Å²) in [6.45, 7) is 6.56. The fourth-order valence-electron chi connectivity index (χ4n) is 5.21. The molecule has 0 aromatic rings. The molecule has 0 aromatic carbocycles. The lowest BCUT2D eigenvalue weighted by Crippen LogP contribution is -2.21. The zero-order valence-electron chi connectivity index (χ0n) is 25.0. The van der Waals surface area contributed by atoms with E-state index < -0.39 is 0 Å². The Morgan fingerprint density at radius 1 is 0.528 bits per heavy atom. The molecule has 0 bridgehead atoms. The molecular weight excluding hydrogens is 444 g/mol. The number of carbonyl (C=O) groups excluding carboxylic acids is 1. The lowest BCUT2D eigenvalue weighted by molar-refractivity contribution is -0.153. The average Bonchev–Trinajstić information content (AvgIpc) is 2.85. The molecule has 0 rings (SSSR count). The first-order valence-corrected chi connectivity index (χ1v) is 16.4. The summed E-state index contributed by atoms with van der Waals surface area (Å²) in [5.41, 5.74) is 0. The van der Waals surface area contributed by atoms with E-state index in [4.69, 9.17) is 9.84 Å². The number of carbonyl (C=O) groups is 1. The van der Waals surface area contributed by atoms with E-state index in [-0.39, 0.29) is 18.0 Å². The van der Waals surface area contributed by atoms with Crippen molar-refractivity contribution in [2.24, 2.45) is 5.92 Å².